The highest BCUT2D eigenvalue weighted by Gasteiger charge is 2.13. The van der Waals surface area contributed by atoms with Gasteiger partial charge in [0.1, 0.15) is 5.75 Å². The Labute approximate surface area is 172 Å². The van der Waals surface area contributed by atoms with Gasteiger partial charge < -0.3 is 14.6 Å². The van der Waals surface area contributed by atoms with Crippen LogP contribution in [0.1, 0.15) is 17.0 Å². The largest absolute Gasteiger partial charge is 0.484 e. The number of rotatable bonds is 7. The van der Waals surface area contributed by atoms with Gasteiger partial charge in [-0.15, -0.1) is 11.3 Å². The molecule has 0 spiro atoms. The van der Waals surface area contributed by atoms with Crippen molar-refractivity contribution in [3.8, 4) is 16.5 Å². The number of hydrogen-bond acceptors (Lipinski definition) is 6. The number of para-hydroxylation sites is 1. The van der Waals surface area contributed by atoms with Crippen molar-refractivity contribution in [1.82, 2.24) is 10.1 Å². The second kappa shape index (κ2) is 8.70. The first-order valence-electron chi connectivity index (χ1n) is 9.11. The van der Waals surface area contributed by atoms with Gasteiger partial charge >= 0.3 is 0 Å². The van der Waals surface area contributed by atoms with E-state index in [1.807, 2.05) is 73.0 Å². The van der Waals surface area contributed by atoms with Gasteiger partial charge in [-0.3, -0.25) is 4.79 Å². The van der Waals surface area contributed by atoms with Crippen LogP contribution < -0.4 is 10.1 Å². The van der Waals surface area contributed by atoms with E-state index in [4.69, 9.17) is 9.26 Å². The van der Waals surface area contributed by atoms with Crippen LogP contribution in [0.4, 0.5) is 5.69 Å². The highest BCUT2D eigenvalue weighted by Crippen LogP contribution is 2.23. The minimum atomic E-state index is -0.233. The van der Waals surface area contributed by atoms with Crippen LogP contribution >= 0.6 is 11.3 Å². The van der Waals surface area contributed by atoms with E-state index in [-0.39, 0.29) is 12.5 Å². The molecule has 0 bridgehead atoms. The Morgan fingerprint density at radius 3 is 2.72 bits per heavy atom. The zero-order valence-corrected chi connectivity index (χ0v) is 16.6. The van der Waals surface area contributed by atoms with E-state index >= 15 is 0 Å². The van der Waals surface area contributed by atoms with Crippen LogP contribution in [0.5, 0.6) is 5.75 Å². The molecule has 0 atom stereocenters. The minimum Gasteiger partial charge on any atom is -0.484 e. The van der Waals surface area contributed by atoms with Gasteiger partial charge in [0.05, 0.1) is 11.3 Å². The summed E-state index contributed by atoms with van der Waals surface area (Å²) in [6, 6.07) is 19.0. The number of amides is 1. The van der Waals surface area contributed by atoms with Gasteiger partial charge in [-0.25, -0.2) is 0 Å². The maximum Gasteiger partial charge on any atom is 0.262 e. The Bertz CT molecular complexity index is 1090. The molecule has 0 aliphatic heterocycles. The van der Waals surface area contributed by atoms with E-state index in [1.54, 1.807) is 11.3 Å². The van der Waals surface area contributed by atoms with Gasteiger partial charge in [-0.2, -0.15) is 4.98 Å². The lowest BCUT2D eigenvalue weighted by Crippen LogP contribution is -2.21. The molecule has 0 unspecified atom stereocenters. The maximum atomic E-state index is 12.3. The number of carbonyl (C=O) groups excluding carboxylic acids is 1. The van der Waals surface area contributed by atoms with Gasteiger partial charge in [-0.1, -0.05) is 47.1 Å². The molecule has 2 heterocycles. The fourth-order valence-electron chi connectivity index (χ4n) is 2.76. The lowest BCUT2D eigenvalue weighted by Gasteiger charge is -2.11. The van der Waals surface area contributed by atoms with Gasteiger partial charge in [0, 0.05) is 5.69 Å². The van der Waals surface area contributed by atoms with Crippen LogP contribution in [0, 0.1) is 6.92 Å². The van der Waals surface area contributed by atoms with Crippen LogP contribution in [-0.4, -0.2) is 22.7 Å². The Morgan fingerprint density at radius 2 is 1.93 bits per heavy atom. The van der Waals surface area contributed by atoms with Crippen molar-refractivity contribution in [2.24, 2.45) is 0 Å². The standard InChI is InChI=1S/C22H19N3O3S/c1-15-8-10-17(11-9-15)27-14-20(26)23-18-6-3-2-5-16(18)13-21-24-22(25-28-21)19-7-4-12-29-19/h2-12H,13-14H2,1H3,(H,23,26). The minimum absolute atomic E-state index is 0.0690. The molecule has 0 saturated heterocycles. The summed E-state index contributed by atoms with van der Waals surface area (Å²) in [5.41, 5.74) is 2.72. The summed E-state index contributed by atoms with van der Waals surface area (Å²) in [4.78, 5) is 17.7. The van der Waals surface area contributed by atoms with Gasteiger partial charge in [0.2, 0.25) is 11.7 Å². The number of aromatic nitrogens is 2. The molecule has 4 rings (SSSR count). The lowest BCUT2D eigenvalue weighted by molar-refractivity contribution is -0.118. The molecule has 0 fully saturated rings. The average molecular weight is 405 g/mol. The molecule has 2 aromatic heterocycles. The normalized spacial score (nSPS) is 10.7. The van der Waals surface area contributed by atoms with E-state index in [1.165, 1.54) is 0 Å². The number of benzene rings is 2. The molecular formula is C22H19N3O3S. The SMILES string of the molecule is Cc1ccc(OCC(=O)Nc2ccccc2Cc2nc(-c3cccs3)no2)cc1. The van der Waals surface area contributed by atoms with Crippen molar-refractivity contribution in [1.29, 1.82) is 0 Å². The van der Waals surface area contributed by atoms with E-state index in [0.717, 1.165) is 16.0 Å². The predicted molar refractivity (Wildman–Crippen MR) is 112 cm³/mol. The van der Waals surface area contributed by atoms with Crippen LogP contribution in [0.3, 0.4) is 0 Å². The van der Waals surface area contributed by atoms with Gasteiger partial charge in [0.15, 0.2) is 6.61 Å². The molecule has 1 amide bonds. The zero-order valence-electron chi connectivity index (χ0n) is 15.8. The molecule has 0 saturated carbocycles. The number of anilines is 1. The Hall–Kier alpha value is -3.45. The third-order valence-electron chi connectivity index (χ3n) is 4.23. The van der Waals surface area contributed by atoms with E-state index < -0.39 is 0 Å². The summed E-state index contributed by atoms with van der Waals surface area (Å²) in [7, 11) is 0. The van der Waals surface area contributed by atoms with Crippen molar-refractivity contribution in [3.05, 3.63) is 83.1 Å². The zero-order chi connectivity index (χ0) is 20.1. The van der Waals surface area contributed by atoms with Crippen molar-refractivity contribution in [3.63, 3.8) is 0 Å². The summed E-state index contributed by atoms with van der Waals surface area (Å²) >= 11 is 1.56. The van der Waals surface area contributed by atoms with E-state index in [0.29, 0.717) is 29.6 Å². The second-order valence-electron chi connectivity index (χ2n) is 6.47. The van der Waals surface area contributed by atoms with E-state index in [9.17, 15) is 4.79 Å². The predicted octanol–water partition coefficient (Wildman–Crippen LogP) is 4.71. The molecule has 1 N–H and O–H groups in total. The molecule has 146 valence electrons. The molecular weight excluding hydrogens is 386 g/mol. The van der Waals surface area contributed by atoms with Crippen LogP contribution in [-0.2, 0) is 11.2 Å². The molecule has 6 nitrogen and oxygen atoms in total. The second-order valence-corrected chi connectivity index (χ2v) is 7.42. The number of ether oxygens (including phenoxy) is 1. The van der Waals surface area contributed by atoms with Crippen molar-refractivity contribution >= 4 is 22.9 Å². The molecule has 0 aliphatic rings. The summed E-state index contributed by atoms with van der Waals surface area (Å²) in [5, 5.41) is 8.89. The number of hydrogen-bond donors (Lipinski definition) is 1. The van der Waals surface area contributed by atoms with Gasteiger partial charge in [-0.05, 0) is 42.1 Å². The van der Waals surface area contributed by atoms with Crippen LogP contribution in [0.15, 0.2) is 70.6 Å². The fourth-order valence-corrected chi connectivity index (χ4v) is 3.41. The third-order valence-corrected chi connectivity index (χ3v) is 5.10. The van der Waals surface area contributed by atoms with Crippen molar-refractivity contribution < 1.29 is 14.1 Å². The first-order valence-corrected chi connectivity index (χ1v) is 9.99. The lowest BCUT2D eigenvalue weighted by atomic mass is 10.1. The Balaban J connectivity index is 1.40. The molecule has 0 aliphatic carbocycles. The number of thiophene rings is 1. The third kappa shape index (κ3) is 4.89. The monoisotopic (exact) mass is 405 g/mol. The van der Waals surface area contributed by atoms with Crippen molar-refractivity contribution in [2.45, 2.75) is 13.3 Å². The fraction of sp³-hybridized carbons (Fsp3) is 0.136. The van der Waals surface area contributed by atoms with Crippen LogP contribution in [0.2, 0.25) is 0 Å². The molecule has 4 aromatic rings. The number of nitrogens with one attached hydrogen (secondary N) is 1. The number of carbonyl (C=O) groups is 1. The Morgan fingerprint density at radius 1 is 1.10 bits per heavy atom. The first-order chi connectivity index (χ1) is 14.2. The van der Waals surface area contributed by atoms with Gasteiger partial charge in [0.25, 0.3) is 5.91 Å². The molecule has 2 aromatic carbocycles. The highest BCUT2D eigenvalue weighted by molar-refractivity contribution is 7.13. The summed E-state index contributed by atoms with van der Waals surface area (Å²) in [5.74, 6) is 1.49. The summed E-state index contributed by atoms with van der Waals surface area (Å²) < 4.78 is 10.9. The van der Waals surface area contributed by atoms with Crippen molar-refractivity contribution in [2.75, 3.05) is 11.9 Å². The number of nitrogens with zero attached hydrogens (tertiary/aromatic N) is 2. The van der Waals surface area contributed by atoms with E-state index in [2.05, 4.69) is 15.5 Å². The van der Waals surface area contributed by atoms with Crippen LogP contribution in [0.25, 0.3) is 10.7 Å². The summed E-state index contributed by atoms with van der Waals surface area (Å²) in [6.07, 6.45) is 0.424. The quantitative estimate of drug-likeness (QED) is 0.482. The highest BCUT2D eigenvalue weighted by atomic mass is 32.1. The maximum absolute atomic E-state index is 12.3. The number of aryl methyl sites for hydroxylation is 1. The first kappa shape index (κ1) is 18.9. The smallest absolute Gasteiger partial charge is 0.262 e. The molecule has 29 heavy (non-hydrogen) atoms. The molecule has 0 radical (unpaired) electrons. The topological polar surface area (TPSA) is 77.2 Å². The summed E-state index contributed by atoms with van der Waals surface area (Å²) in [6.45, 7) is 1.93. The Kier molecular flexibility index (Phi) is 5.67. The molecule has 7 heteroatoms. The average Bonchev–Trinajstić information content (AvgIpc) is 3.41.